The molecule has 1 aromatic heterocycles. The van der Waals surface area contributed by atoms with Gasteiger partial charge in [0.2, 0.25) is 0 Å². The van der Waals surface area contributed by atoms with Crippen LogP contribution in [0.25, 0.3) is 0 Å². The number of hydrogen-bond donors (Lipinski definition) is 1. The molecule has 1 heterocycles. The maximum Gasteiger partial charge on any atom is 0.0492 e. The SMILES string of the molecule is Cn1nccc1CCNC1c2cc(Cl)ccc2CC1(C)C. The van der Waals surface area contributed by atoms with Crippen molar-refractivity contribution in [3.63, 3.8) is 0 Å². The third-order valence-corrected chi connectivity index (χ3v) is 4.73. The van der Waals surface area contributed by atoms with Crippen LogP contribution in [0.1, 0.15) is 36.7 Å². The van der Waals surface area contributed by atoms with Crippen LogP contribution in [0.4, 0.5) is 0 Å². The average Bonchev–Trinajstić information content (AvgIpc) is 2.92. The third-order valence-electron chi connectivity index (χ3n) is 4.50. The molecule has 1 aliphatic carbocycles. The van der Waals surface area contributed by atoms with Gasteiger partial charge in [-0.2, -0.15) is 5.10 Å². The van der Waals surface area contributed by atoms with E-state index in [4.69, 9.17) is 11.6 Å². The minimum absolute atomic E-state index is 0.222. The van der Waals surface area contributed by atoms with E-state index in [9.17, 15) is 0 Å². The van der Waals surface area contributed by atoms with Crippen LogP contribution in [0.3, 0.4) is 0 Å². The number of rotatable bonds is 4. The highest BCUT2D eigenvalue weighted by molar-refractivity contribution is 6.30. The minimum Gasteiger partial charge on any atom is -0.309 e. The standard InChI is InChI=1S/C17H22ClN3/c1-17(2)11-12-4-5-13(18)10-15(12)16(17)19-8-6-14-7-9-20-21(14)3/h4-5,7,9-10,16,19H,6,8,11H2,1-3H3. The van der Waals surface area contributed by atoms with Gasteiger partial charge in [-0.3, -0.25) is 4.68 Å². The first-order chi connectivity index (χ1) is 9.97. The molecule has 1 N–H and O–H groups in total. The molecule has 0 amide bonds. The van der Waals surface area contributed by atoms with Gasteiger partial charge in [0.15, 0.2) is 0 Å². The predicted octanol–water partition coefficient (Wildman–Crippen LogP) is 3.53. The number of nitrogens with one attached hydrogen (secondary N) is 1. The molecular weight excluding hydrogens is 282 g/mol. The summed E-state index contributed by atoms with van der Waals surface area (Å²) in [5, 5.41) is 8.76. The van der Waals surface area contributed by atoms with Crippen LogP contribution in [-0.2, 0) is 19.9 Å². The summed E-state index contributed by atoms with van der Waals surface area (Å²) >= 11 is 6.18. The summed E-state index contributed by atoms with van der Waals surface area (Å²) in [4.78, 5) is 0. The quantitative estimate of drug-likeness (QED) is 0.936. The zero-order valence-electron chi connectivity index (χ0n) is 12.9. The molecule has 0 fully saturated rings. The van der Waals surface area contributed by atoms with Crippen molar-refractivity contribution in [2.45, 2.75) is 32.7 Å². The van der Waals surface area contributed by atoms with E-state index in [1.165, 1.54) is 16.8 Å². The fourth-order valence-corrected chi connectivity index (χ4v) is 3.57. The molecule has 1 atom stereocenters. The van der Waals surface area contributed by atoms with E-state index in [-0.39, 0.29) is 5.41 Å². The number of aromatic nitrogens is 2. The van der Waals surface area contributed by atoms with E-state index in [1.54, 1.807) is 0 Å². The van der Waals surface area contributed by atoms with Crippen molar-refractivity contribution in [2.24, 2.45) is 12.5 Å². The van der Waals surface area contributed by atoms with Crippen molar-refractivity contribution in [2.75, 3.05) is 6.54 Å². The summed E-state index contributed by atoms with van der Waals surface area (Å²) in [5.74, 6) is 0. The number of fused-ring (bicyclic) bond motifs is 1. The Morgan fingerprint density at radius 2 is 2.19 bits per heavy atom. The summed E-state index contributed by atoms with van der Waals surface area (Å²) in [6.45, 7) is 5.59. The predicted molar refractivity (Wildman–Crippen MR) is 86.6 cm³/mol. The largest absolute Gasteiger partial charge is 0.309 e. The zero-order chi connectivity index (χ0) is 15.0. The molecule has 21 heavy (non-hydrogen) atoms. The first kappa shape index (κ1) is 14.6. The normalized spacial score (nSPS) is 19.7. The Bertz CT molecular complexity index is 645. The number of hydrogen-bond acceptors (Lipinski definition) is 2. The van der Waals surface area contributed by atoms with Crippen molar-refractivity contribution in [1.82, 2.24) is 15.1 Å². The van der Waals surface area contributed by atoms with Gasteiger partial charge in [0, 0.05) is 43.0 Å². The van der Waals surface area contributed by atoms with Crippen molar-refractivity contribution >= 4 is 11.6 Å². The van der Waals surface area contributed by atoms with Gasteiger partial charge in [0.05, 0.1) is 0 Å². The van der Waals surface area contributed by atoms with Crippen molar-refractivity contribution < 1.29 is 0 Å². The van der Waals surface area contributed by atoms with E-state index < -0.39 is 0 Å². The summed E-state index contributed by atoms with van der Waals surface area (Å²) in [5.41, 5.74) is 4.25. The van der Waals surface area contributed by atoms with Crippen LogP contribution >= 0.6 is 11.6 Å². The highest BCUT2D eigenvalue weighted by atomic mass is 35.5. The molecule has 0 radical (unpaired) electrons. The summed E-state index contributed by atoms with van der Waals surface area (Å²) < 4.78 is 1.94. The molecule has 0 saturated carbocycles. The molecule has 3 rings (SSSR count). The van der Waals surface area contributed by atoms with Crippen LogP contribution in [0, 0.1) is 5.41 Å². The van der Waals surface area contributed by atoms with Gasteiger partial charge < -0.3 is 5.32 Å². The number of halogens is 1. The summed E-state index contributed by atoms with van der Waals surface area (Å²) in [7, 11) is 1.99. The van der Waals surface area contributed by atoms with Gasteiger partial charge in [-0.15, -0.1) is 0 Å². The number of nitrogens with zero attached hydrogens (tertiary/aromatic N) is 2. The Morgan fingerprint density at radius 1 is 1.38 bits per heavy atom. The van der Waals surface area contributed by atoms with Crippen LogP contribution < -0.4 is 5.32 Å². The van der Waals surface area contributed by atoms with Crippen molar-refractivity contribution in [3.8, 4) is 0 Å². The number of aryl methyl sites for hydroxylation is 1. The maximum absolute atomic E-state index is 6.18. The van der Waals surface area contributed by atoms with Gasteiger partial charge in [-0.1, -0.05) is 31.5 Å². The second-order valence-corrected chi connectivity index (χ2v) is 7.03. The first-order valence-electron chi connectivity index (χ1n) is 7.46. The molecule has 2 aromatic rings. The fourth-order valence-electron chi connectivity index (χ4n) is 3.39. The van der Waals surface area contributed by atoms with Gasteiger partial charge in [-0.05, 0) is 41.2 Å². The van der Waals surface area contributed by atoms with E-state index >= 15 is 0 Å². The fraction of sp³-hybridized carbons (Fsp3) is 0.471. The minimum atomic E-state index is 0.222. The molecule has 1 aliphatic rings. The molecule has 0 aliphatic heterocycles. The molecule has 1 aromatic carbocycles. The summed E-state index contributed by atoms with van der Waals surface area (Å²) in [6.07, 6.45) is 3.94. The molecule has 3 nitrogen and oxygen atoms in total. The Morgan fingerprint density at radius 3 is 2.90 bits per heavy atom. The van der Waals surface area contributed by atoms with Crippen LogP contribution in [-0.4, -0.2) is 16.3 Å². The highest BCUT2D eigenvalue weighted by Crippen LogP contribution is 2.45. The molecule has 0 spiro atoms. The maximum atomic E-state index is 6.18. The van der Waals surface area contributed by atoms with Crippen molar-refractivity contribution in [1.29, 1.82) is 0 Å². The van der Waals surface area contributed by atoms with E-state index in [0.717, 1.165) is 24.4 Å². The Kier molecular flexibility index (Phi) is 3.80. The van der Waals surface area contributed by atoms with Crippen molar-refractivity contribution in [3.05, 3.63) is 52.3 Å². The van der Waals surface area contributed by atoms with Gasteiger partial charge in [0.1, 0.15) is 0 Å². The van der Waals surface area contributed by atoms with Crippen LogP contribution in [0.5, 0.6) is 0 Å². The van der Waals surface area contributed by atoms with Crippen LogP contribution in [0.15, 0.2) is 30.5 Å². The van der Waals surface area contributed by atoms with Gasteiger partial charge in [0.25, 0.3) is 0 Å². The lowest BCUT2D eigenvalue weighted by atomic mass is 9.85. The van der Waals surface area contributed by atoms with Crippen LogP contribution in [0.2, 0.25) is 5.02 Å². The molecule has 0 saturated heterocycles. The molecule has 112 valence electrons. The Hall–Kier alpha value is -1.32. The highest BCUT2D eigenvalue weighted by Gasteiger charge is 2.38. The van der Waals surface area contributed by atoms with Gasteiger partial charge >= 0.3 is 0 Å². The number of benzene rings is 1. The summed E-state index contributed by atoms with van der Waals surface area (Å²) in [6, 6.07) is 8.72. The lowest BCUT2D eigenvalue weighted by Gasteiger charge is -2.28. The lowest BCUT2D eigenvalue weighted by Crippen LogP contribution is -2.32. The Balaban J connectivity index is 1.72. The third kappa shape index (κ3) is 2.85. The topological polar surface area (TPSA) is 29.9 Å². The van der Waals surface area contributed by atoms with E-state index in [2.05, 4.69) is 42.5 Å². The first-order valence-corrected chi connectivity index (χ1v) is 7.84. The lowest BCUT2D eigenvalue weighted by molar-refractivity contribution is 0.270. The second kappa shape index (κ2) is 5.47. The monoisotopic (exact) mass is 303 g/mol. The smallest absolute Gasteiger partial charge is 0.0492 e. The molecule has 0 bridgehead atoms. The molecule has 4 heteroatoms. The van der Waals surface area contributed by atoms with E-state index in [0.29, 0.717) is 6.04 Å². The zero-order valence-corrected chi connectivity index (χ0v) is 13.6. The molecular formula is C17H22ClN3. The van der Waals surface area contributed by atoms with Gasteiger partial charge in [-0.25, -0.2) is 0 Å². The Labute approximate surface area is 131 Å². The average molecular weight is 304 g/mol. The molecule has 1 unspecified atom stereocenters. The second-order valence-electron chi connectivity index (χ2n) is 6.59. The van der Waals surface area contributed by atoms with E-state index in [1.807, 2.05) is 24.0 Å².